The molecule has 26 heavy (non-hydrogen) atoms. The van der Waals surface area contributed by atoms with Crippen LogP contribution in [0.25, 0.3) is 0 Å². The van der Waals surface area contributed by atoms with Gasteiger partial charge in [-0.25, -0.2) is 0 Å². The summed E-state index contributed by atoms with van der Waals surface area (Å²) in [5, 5.41) is 3.38. The van der Waals surface area contributed by atoms with Crippen LogP contribution >= 0.6 is 11.6 Å². The molecule has 0 radical (unpaired) electrons. The van der Waals surface area contributed by atoms with Crippen LogP contribution < -0.4 is 5.32 Å². The van der Waals surface area contributed by atoms with Crippen molar-refractivity contribution < 1.29 is 9.59 Å². The quantitative estimate of drug-likeness (QED) is 0.840. The van der Waals surface area contributed by atoms with Gasteiger partial charge in [0.2, 0.25) is 0 Å². The van der Waals surface area contributed by atoms with Crippen LogP contribution in [0.2, 0.25) is 5.02 Å². The molecule has 2 aromatic carbocycles. The Kier molecular flexibility index (Phi) is 5.62. The summed E-state index contributed by atoms with van der Waals surface area (Å²) in [6.45, 7) is 5.44. The summed E-state index contributed by atoms with van der Waals surface area (Å²) in [7, 11) is 0. The smallest absolute Gasteiger partial charge is 0.255 e. The van der Waals surface area contributed by atoms with Gasteiger partial charge in [-0.15, -0.1) is 0 Å². The van der Waals surface area contributed by atoms with E-state index < -0.39 is 0 Å². The zero-order valence-corrected chi connectivity index (χ0v) is 15.9. The third kappa shape index (κ3) is 4.07. The van der Waals surface area contributed by atoms with Crippen LogP contribution in [0.15, 0.2) is 36.4 Å². The van der Waals surface area contributed by atoms with Crippen molar-refractivity contribution >= 4 is 29.1 Å². The first kappa shape index (κ1) is 18.5. The Bertz CT molecular complexity index is 819. The Morgan fingerprint density at radius 3 is 2.38 bits per heavy atom. The second-order valence-corrected chi connectivity index (χ2v) is 7.23. The van der Waals surface area contributed by atoms with E-state index in [-0.39, 0.29) is 11.8 Å². The molecule has 4 nitrogen and oxygen atoms in total. The van der Waals surface area contributed by atoms with Gasteiger partial charge < -0.3 is 10.2 Å². The number of nitrogens with zero attached hydrogens (tertiary/aromatic N) is 1. The number of nitrogens with one attached hydrogen (secondary N) is 1. The lowest BCUT2D eigenvalue weighted by molar-refractivity contribution is 0.0724. The van der Waals surface area contributed by atoms with E-state index >= 15 is 0 Å². The SMILES string of the molecule is Cc1cc(C)c(NC(=O)c2cccc(C(=O)N3CCCCC3)c2)c(Cl)c1. The van der Waals surface area contributed by atoms with Crippen LogP contribution in [0.4, 0.5) is 5.69 Å². The third-order valence-corrected chi connectivity index (χ3v) is 4.98. The van der Waals surface area contributed by atoms with Gasteiger partial charge in [-0.3, -0.25) is 9.59 Å². The highest BCUT2D eigenvalue weighted by Gasteiger charge is 2.19. The van der Waals surface area contributed by atoms with E-state index in [0.717, 1.165) is 37.1 Å². The number of hydrogen-bond donors (Lipinski definition) is 1. The highest BCUT2D eigenvalue weighted by molar-refractivity contribution is 6.34. The van der Waals surface area contributed by atoms with Crippen molar-refractivity contribution in [3.8, 4) is 0 Å². The predicted octanol–water partition coefficient (Wildman–Crippen LogP) is 4.84. The van der Waals surface area contributed by atoms with Gasteiger partial charge >= 0.3 is 0 Å². The number of carbonyl (C=O) groups excluding carboxylic acids is 2. The molecular formula is C21H23ClN2O2. The second-order valence-electron chi connectivity index (χ2n) is 6.83. The Morgan fingerprint density at radius 2 is 1.69 bits per heavy atom. The predicted molar refractivity (Wildman–Crippen MR) is 105 cm³/mol. The van der Waals surface area contributed by atoms with Crippen LogP contribution in [0, 0.1) is 13.8 Å². The molecule has 136 valence electrons. The van der Waals surface area contributed by atoms with Gasteiger partial charge in [0.1, 0.15) is 0 Å². The van der Waals surface area contributed by atoms with E-state index in [0.29, 0.717) is 21.8 Å². The number of carbonyl (C=O) groups is 2. The molecule has 0 spiro atoms. The van der Waals surface area contributed by atoms with Gasteiger partial charge in [0.25, 0.3) is 11.8 Å². The molecule has 1 N–H and O–H groups in total. The summed E-state index contributed by atoms with van der Waals surface area (Å²) in [6, 6.07) is 10.7. The molecule has 1 saturated heterocycles. The van der Waals surface area contributed by atoms with Gasteiger partial charge in [0.05, 0.1) is 10.7 Å². The largest absolute Gasteiger partial charge is 0.339 e. The van der Waals surface area contributed by atoms with Crippen LogP contribution in [0.3, 0.4) is 0 Å². The van der Waals surface area contributed by atoms with Crippen LogP contribution in [-0.2, 0) is 0 Å². The minimum Gasteiger partial charge on any atom is -0.339 e. The topological polar surface area (TPSA) is 49.4 Å². The molecule has 1 aliphatic heterocycles. The monoisotopic (exact) mass is 370 g/mol. The lowest BCUT2D eigenvalue weighted by Crippen LogP contribution is -2.35. The molecular weight excluding hydrogens is 348 g/mol. The van der Waals surface area contributed by atoms with Crippen molar-refractivity contribution in [1.29, 1.82) is 0 Å². The summed E-state index contributed by atoms with van der Waals surface area (Å²) < 4.78 is 0. The van der Waals surface area contributed by atoms with E-state index in [1.54, 1.807) is 24.3 Å². The fourth-order valence-corrected chi connectivity index (χ4v) is 3.70. The van der Waals surface area contributed by atoms with Crippen molar-refractivity contribution in [3.05, 3.63) is 63.7 Å². The number of aryl methyl sites for hydroxylation is 2. The number of piperidine rings is 1. The van der Waals surface area contributed by atoms with Gasteiger partial charge in [-0.1, -0.05) is 23.7 Å². The van der Waals surface area contributed by atoms with Crippen molar-refractivity contribution in [1.82, 2.24) is 4.90 Å². The van der Waals surface area contributed by atoms with Gasteiger partial charge in [0, 0.05) is 24.2 Å². The zero-order valence-electron chi connectivity index (χ0n) is 15.1. The molecule has 0 saturated carbocycles. The third-order valence-electron chi connectivity index (χ3n) is 4.69. The van der Waals surface area contributed by atoms with E-state index in [4.69, 9.17) is 11.6 Å². The van der Waals surface area contributed by atoms with E-state index in [1.165, 1.54) is 6.42 Å². The normalized spacial score (nSPS) is 14.2. The highest BCUT2D eigenvalue weighted by atomic mass is 35.5. The molecule has 2 amide bonds. The first-order valence-electron chi connectivity index (χ1n) is 8.93. The molecule has 2 aromatic rings. The molecule has 1 aliphatic rings. The number of hydrogen-bond acceptors (Lipinski definition) is 2. The summed E-state index contributed by atoms with van der Waals surface area (Å²) >= 11 is 6.27. The molecule has 1 fully saturated rings. The maximum Gasteiger partial charge on any atom is 0.255 e. The second kappa shape index (κ2) is 7.92. The number of halogens is 1. The molecule has 0 bridgehead atoms. The van der Waals surface area contributed by atoms with Crippen LogP contribution in [-0.4, -0.2) is 29.8 Å². The maximum absolute atomic E-state index is 12.7. The van der Waals surface area contributed by atoms with Crippen molar-refractivity contribution in [2.45, 2.75) is 33.1 Å². The number of amides is 2. The summed E-state index contributed by atoms with van der Waals surface area (Å²) in [5.74, 6) is -0.281. The highest BCUT2D eigenvalue weighted by Crippen LogP contribution is 2.28. The minimum absolute atomic E-state index is 0.0103. The van der Waals surface area contributed by atoms with E-state index in [1.807, 2.05) is 30.9 Å². The average molecular weight is 371 g/mol. The lowest BCUT2D eigenvalue weighted by atomic mass is 10.1. The molecule has 5 heteroatoms. The number of rotatable bonds is 3. The first-order chi connectivity index (χ1) is 12.5. The van der Waals surface area contributed by atoms with Crippen molar-refractivity contribution in [2.24, 2.45) is 0 Å². The molecule has 0 atom stereocenters. The summed E-state index contributed by atoms with van der Waals surface area (Å²) in [5.41, 5.74) is 3.55. The van der Waals surface area contributed by atoms with E-state index in [9.17, 15) is 9.59 Å². The number of likely N-dealkylation sites (tertiary alicyclic amines) is 1. The van der Waals surface area contributed by atoms with Crippen molar-refractivity contribution in [3.63, 3.8) is 0 Å². The Hall–Kier alpha value is -2.33. The fraction of sp³-hybridized carbons (Fsp3) is 0.333. The fourth-order valence-electron chi connectivity index (χ4n) is 3.33. The Labute approximate surface area is 159 Å². The standard InChI is InChI=1S/C21H23ClN2O2/c1-14-11-15(2)19(18(22)12-14)23-20(25)16-7-6-8-17(13-16)21(26)24-9-4-3-5-10-24/h6-8,11-13H,3-5,9-10H2,1-2H3,(H,23,25). The number of anilines is 1. The summed E-state index contributed by atoms with van der Waals surface area (Å²) in [6.07, 6.45) is 3.25. The summed E-state index contributed by atoms with van der Waals surface area (Å²) in [4.78, 5) is 27.2. The Morgan fingerprint density at radius 1 is 1.00 bits per heavy atom. The molecule has 3 rings (SSSR count). The Balaban J connectivity index is 1.79. The van der Waals surface area contributed by atoms with Crippen LogP contribution in [0.1, 0.15) is 51.1 Å². The number of benzene rings is 2. The van der Waals surface area contributed by atoms with Gasteiger partial charge in [-0.2, -0.15) is 0 Å². The van der Waals surface area contributed by atoms with E-state index in [2.05, 4.69) is 5.32 Å². The molecule has 0 aromatic heterocycles. The van der Waals surface area contributed by atoms with Crippen LogP contribution in [0.5, 0.6) is 0 Å². The maximum atomic E-state index is 12.7. The molecule has 0 aliphatic carbocycles. The molecule has 1 heterocycles. The molecule has 0 unspecified atom stereocenters. The van der Waals surface area contributed by atoms with Crippen molar-refractivity contribution in [2.75, 3.05) is 18.4 Å². The van der Waals surface area contributed by atoms with Gasteiger partial charge in [-0.05, 0) is 68.5 Å². The minimum atomic E-state index is -0.271. The first-order valence-corrected chi connectivity index (χ1v) is 9.31. The lowest BCUT2D eigenvalue weighted by Gasteiger charge is -2.26. The zero-order chi connectivity index (χ0) is 18.7. The van der Waals surface area contributed by atoms with Gasteiger partial charge in [0.15, 0.2) is 0 Å². The average Bonchev–Trinajstić information content (AvgIpc) is 2.64.